The number of hydrogen-bond acceptors (Lipinski definition) is 11. The number of carbonyl (C=O) groups is 3. The molecule has 218 valence electrons. The van der Waals surface area contributed by atoms with Gasteiger partial charge in [0.05, 0.1) is 24.8 Å². The van der Waals surface area contributed by atoms with Crippen LogP contribution in [-0.2, 0) is 20.9 Å². The Morgan fingerprint density at radius 1 is 1.10 bits per heavy atom. The summed E-state index contributed by atoms with van der Waals surface area (Å²) in [6, 6.07) is 0. The van der Waals surface area contributed by atoms with Crippen molar-refractivity contribution in [3.8, 4) is 0 Å². The highest BCUT2D eigenvalue weighted by molar-refractivity contribution is 8.00. The molecule has 3 aromatic heterocycles. The molecule has 2 amide bonds. The largest absolute Gasteiger partial charge is 0.447 e. The number of aromatic nitrogens is 7. The van der Waals surface area contributed by atoms with Crippen LogP contribution in [-0.4, -0.2) is 93.8 Å². The number of aliphatic hydroxyl groups is 1. The fourth-order valence-electron chi connectivity index (χ4n) is 3.53. The Kier molecular flexibility index (Phi) is 10.2. The molecule has 0 fully saturated rings. The third kappa shape index (κ3) is 8.71. The molecule has 40 heavy (non-hydrogen) atoms. The zero-order valence-electron chi connectivity index (χ0n) is 23.7. The van der Waals surface area contributed by atoms with Gasteiger partial charge in [-0.1, -0.05) is 39.8 Å². The smallest absolute Gasteiger partial charge is 0.436 e. The lowest BCUT2D eigenvalue weighted by Gasteiger charge is -2.28. The first-order valence-corrected chi connectivity index (χ1v) is 13.8. The summed E-state index contributed by atoms with van der Waals surface area (Å²) >= 11 is 1.75. The van der Waals surface area contributed by atoms with Crippen molar-refractivity contribution in [3.63, 3.8) is 0 Å². The fourth-order valence-corrected chi connectivity index (χ4v) is 4.34. The van der Waals surface area contributed by atoms with Gasteiger partial charge in [0, 0.05) is 35.4 Å². The molecule has 0 spiro atoms. The van der Waals surface area contributed by atoms with E-state index < -0.39 is 23.5 Å². The van der Waals surface area contributed by atoms with E-state index in [0.29, 0.717) is 23.4 Å². The van der Waals surface area contributed by atoms with E-state index in [1.54, 1.807) is 36.5 Å². The molecule has 3 N–H and O–H groups in total. The van der Waals surface area contributed by atoms with Crippen molar-refractivity contribution in [1.29, 1.82) is 0 Å². The normalized spacial score (nSPS) is 12.8. The molecule has 3 aromatic rings. The minimum absolute atomic E-state index is 0.0730. The summed E-state index contributed by atoms with van der Waals surface area (Å²) < 4.78 is 8.12. The van der Waals surface area contributed by atoms with Crippen LogP contribution in [0.3, 0.4) is 0 Å². The second-order valence-electron chi connectivity index (χ2n) is 11.0. The van der Waals surface area contributed by atoms with Gasteiger partial charge in [0.15, 0.2) is 5.65 Å². The van der Waals surface area contributed by atoms with E-state index in [1.807, 2.05) is 6.92 Å². The Labute approximate surface area is 236 Å². The predicted molar refractivity (Wildman–Crippen MR) is 149 cm³/mol. The van der Waals surface area contributed by atoms with Gasteiger partial charge in [-0.15, -0.1) is 5.10 Å². The first kappa shape index (κ1) is 30.9. The first-order valence-electron chi connectivity index (χ1n) is 12.8. The molecule has 14 nitrogen and oxygen atoms in total. The van der Waals surface area contributed by atoms with E-state index in [2.05, 4.69) is 56.7 Å². The number of thioether (sulfide) groups is 1. The first-order chi connectivity index (χ1) is 18.8. The predicted octanol–water partition coefficient (Wildman–Crippen LogP) is 1.30. The highest BCUT2D eigenvalue weighted by atomic mass is 32.2. The van der Waals surface area contributed by atoms with E-state index in [4.69, 9.17) is 4.74 Å². The summed E-state index contributed by atoms with van der Waals surface area (Å²) in [5, 5.41) is 23.7. The lowest BCUT2D eigenvalue weighted by molar-refractivity contribution is -0.137. The van der Waals surface area contributed by atoms with Crippen LogP contribution in [0.2, 0.25) is 0 Å². The molecule has 0 unspecified atom stereocenters. The van der Waals surface area contributed by atoms with Crippen LogP contribution in [0.25, 0.3) is 11.2 Å². The Bertz CT molecular complexity index is 1330. The molecule has 0 aromatic carbocycles. The highest BCUT2D eigenvalue weighted by Gasteiger charge is 2.35. The molecule has 0 aliphatic heterocycles. The number of aryl methyl sites for hydroxylation is 1. The van der Waals surface area contributed by atoms with Crippen molar-refractivity contribution in [2.75, 3.05) is 25.4 Å². The van der Waals surface area contributed by atoms with Crippen LogP contribution in [0.1, 0.15) is 52.4 Å². The Morgan fingerprint density at radius 3 is 2.58 bits per heavy atom. The van der Waals surface area contributed by atoms with Gasteiger partial charge in [-0.05, 0) is 6.92 Å². The second-order valence-corrected chi connectivity index (χ2v) is 12.9. The molecule has 15 heteroatoms. The van der Waals surface area contributed by atoms with Crippen LogP contribution < -0.4 is 10.6 Å². The molecule has 0 aliphatic rings. The SMILES string of the molecule is Cc1ncnc2c1ncn2Cc1cn(C(=O)OCC(C)(C)[C@H](O)C(=O)NCCC(=O)NCCSC(C)(C)C)nn1. The Morgan fingerprint density at radius 2 is 1.85 bits per heavy atom. The standard InChI is InChI=1S/C25H37N9O5S/c1-16-19-21(29-14-28-16)33(15-30-19)11-17-12-34(32-31-17)23(38)39-13-25(5,6)20(36)22(37)27-8-7-18(35)26-9-10-40-24(2,3)4/h12,14-15,20,36H,7-11,13H2,1-6H3,(H,26,35)(H,27,37)/t20-/m1/s1. The lowest BCUT2D eigenvalue weighted by atomic mass is 9.87. The molecule has 3 heterocycles. The molecule has 0 aliphatic carbocycles. The zero-order chi connectivity index (χ0) is 29.5. The van der Waals surface area contributed by atoms with E-state index in [0.717, 1.165) is 16.1 Å². The van der Waals surface area contributed by atoms with E-state index in [-0.39, 0.29) is 36.8 Å². The van der Waals surface area contributed by atoms with E-state index >= 15 is 0 Å². The topological polar surface area (TPSA) is 179 Å². The van der Waals surface area contributed by atoms with Gasteiger partial charge in [-0.3, -0.25) is 9.59 Å². The van der Waals surface area contributed by atoms with Gasteiger partial charge < -0.3 is 25.0 Å². The van der Waals surface area contributed by atoms with Gasteiger partial charge in [-0.25, -0.2) is 19.7 Å². The molecule has 3 rings (SSSR count). The van der Waals surface area contributed by atoms with Crippen LogP contribution in [0, 0.1) is 12.3 Å². The maximum Gasteiger partial charge on any atom is 0.436 e. The second kappa shape index (κ2) is 13.2. The van der Waals surface area contributed by atoms with Crippen LogP contribution in [0.15, 0.2) is 18.9 Å². The van der Waals surface area contributed by atoms with Gasteiger partial charge in [0.1, 0.15) is 30.2 Å². The minimum Gasteiger partial charge on any atom is -0.447 e. The molecular formula is C25H37N9O5S. The van der Waals surface area contributed by atoms with Crippen LogP contribution in [0.4, 0.5) is 4.79 Å². The number of rotatable bonds is 12. The van der Waals surface area contributed by atoms with Crippen molar-refractivity contribution in [2.45, 2.75) is 65.4 Å². The third-order valence-corrected chi connectivity index (χ3v) is 7.09. The van der Waals surface area contributed by atoms with Gasteiger partial charge in [-0.2, -0.15) is 16.4 Å². The Balaban J connectivity index is 1.42. The summed E-state index contributed by atoms with van der Waals surface area (Å²) in [4.78, 5) is 49.6. The summed E-state index contributed by atoms with van der Waals surface area (Å²) in [7, 11) is 0. The summed E-state index contributed by atoms with van der Waals surface area (Å²) in [6.45, 7) is 12.0. The quantitative estimate of drug-likeness (QED) is 0.265. The van der Waals surface area contributed by atoms with Crippen molar-refractivity contribution >= 4 is 40.8 Å². The monoisotopic (exact) mass is 575 g/mol. The number of amides is 2. The summed E-state index contributed by atoms with van der Waals surface area (Å²) in [5.74, 6) is -0.0545. The average molecular weight is 576 g/mol. The molecule has 0 bridgehead atoms. The minimum atomic E-state index is -1.47. The average Bonchev–Trinajstić information content (AvgIpc) is 3.52. The van der Waals surface area contributed by atoms with Crippen molar-refractivity contribution < 1.29 is 24.2 Å². The van der Waals surface area contributed by atoms with Crippen molar-refractivity contribution in [2.24, 2.45) is 5.41 Å². The maximum absolute atomic E-state index is 12.5. The molecule has 1 atom stereocenters. The molecular weight excluding hydrogens is 538 g/mol. The zero-order valence-corrected chi connectivity index (χ0v) is 24.5. The number of fused-ring (bicyclic) bond motifs is 1. The van der Waals surface area contributed by atoms with Crippen molar-refractivity contribution in [3.05, 3.63) is 30.2 Å². The van der Waals surface area contributed by atoms with Crippen molar-refractivity contribution in [1.82, 2.24) is 45.1 Å². The third-order valence-electron chi connectivity index (χ3n) is 5.81. The molecule has 0 saturated carbocycles. The number of hydrogen-bond donors (Lipinski definition) is 3. The van der Waals surface area contributed by atoms with Gasteiger partial charge in [0.2, 0.25) is 11.8 Å². The number of carbonyl (C=O) groups excluding carboxylic acids is 3. The summed E-state index contributed by atoms with van der Waals surface area (Å²) in [6.07, 6.45) is 2.28. The van der Waals surface area contributed by atoms with E-state index in [1.165, 1.54) is 12.5 Å². The highest BCUT2D eigenvalue weighted by Crippen LogP contribution is 2.23. The maximum atomic E-state index is 12.5. The van der Waals surface area contributed by atoms with Crippen LogP contribution >= 0.6 is 11.8 Å². The number of imidazole rings is 1. The van der Waals surface area contributed by atoms with Gasteiger partial charge in [0.25, 0.3) is 0 Å². The molecule has 0 saturated heterocycles. The number of nitrogens with one attached hydrogen (secondary N) is 2. The number of ether oxygens (including phenoxy) is 1. The number of nitrogens with zero attached hydrogens (tertiary/aromatic N) is 7. The van der Waals surface area contributed by atoms with E-state index in [9.17, 15) is 19.5 Å². The summed E-state index contributed by atoms with van der Waals surface area (Å²) in [5.41, 5.74) is 1.43. The van der Waals surface area contributed by atoms with Crippen LogP contribution in [0.5, 0.6) is 0 Å². The lowest BCUT2D eigenvalue weighted by Crippen LogP contribution is -2.47. The van der Waals surface area contributed by atoms with Gasteiger partial charge >= 0.3 is 6.09 Å². The number of aliphatic hydroxyl groups excluding tert-OH is 1. The fraction of sp³-hybridized carbons (Fsp3) is 0.600. The Hall–Kier alpha value is -3.59. The molecule has 0 radical (unpaired) electrons.